The van der Waals surface area contributed by atoms with Gasteiger partial charge in [0.25, 0.3) is 5.56 Å². The van der Waals surface area contributed by atoms with Gasteiger partial charge < -0.3 is 10.3 Å². The Labute approximate surface area is 106 Å². The minimum atomic E-state index is -0.0853. The molecule has 2 aromatic rings. The van der Waals surface area contributed by atoms with E-state index in [1.807, 2.05) is 6.07 Å². The van der Waals surface area contributed by atoms with Crippen LogP contribution < -0.4 is 10.9 Å². The molecular formula is C14H19N3O. The van der Waals surface area contributed by atoms with Gasteiger partial charge in [0.1, 0.15) is 0 Å². The molecule has 18 heavy (non-hydrogen) atoms. The summed E-state index contributed by atoms with van der Waals surface area (Å²) in [6.07, 6.45) is 5.13. The molecule has 2 rings (SSSR count). The van der Waals surface area contributed by atoms with Gasteiger partial charge >= 0.3 is 0 Å². The molecule has 0 radical (unpaired) electrons. The summed E-state index contributed by atoms with van der Waals surface area (Å²) < 4.78 is 0. The first-order valence-electron chi connectivity index (χ1n) is 6.28. The van der Waals surface area contributed by atoms with Gasteiger partial charge in [0.05, 0.1) is 5.39 Å². The monoisotopic (exact) mass is 245 g/mol. The van der Waals surface area contributed by atoms with E-state index < -0.39 is 0 Å². The molecular weight excluding hydrogens is 226 g/mol. The molecule has 2 aromatic heterocycles. The van der Waals surface area contributed by atoms with Crippen molar-refractivity contribution in [2.45, 2.75) is 26.8 Å². The summed E-state index contributed by atoms with van der Waals surface area (Å²) in [5.74, 6) is 0.600. The van der Waals surface area contributed by atoms with Gasteiger partial charge in [0.2, 0.25) is 0 Å². The van der Waals surface area contributed by atoms with Crippen molar-refractivity contribution in [3.05, 3.63) is 40.6 Å². The number of aromatic nitrogens is 2. The summed E-state index contributed by atoms with van der Waals surface area (Å²) in [5, 5.41) is 5.08. The Morgan fingerprint density at radius 3 is 2.83 bits per heavy atom. The predicted molar refractivity (Wildman–Crippen MR) is 73.6 cm³/mol. The Kier molecular flexibility index (Phi) is 3.77. The van der Waals surface area contributed by atoms with Gasteiger partial charge in [-0.15, -0.1) is 0 Å². The third kappa shape index (κ3) is 2.59. The van der Waals surface area contributed by atoms with Crippen LogP contribution in [0.3, 0.4) is 0 Å². The zero-order valence-electron chi connectivity index (χ0n) is 11.0. The minimum absolute atomic E-state index is 0.0853. The maximum Gasteiger partial charge on any atom is 0.257 e. The first-order chi connectivity index (χ1) is 8.59. The highest BCUT2D eigenvalue weighted by Crippen LogP contribution is 2.20. The number of fused-ring (bicyclic) bond motifs is 1. The van der Waals surface area contributed by atoms with Crippen LogP contribution in [0.25, 0.3) is 10.8 Å². The van der Waals surface area contributed by atoms with E-state index >= 15 is 0 Å². The average molecular weight is 245 g/mol. The zero-order chi connectivity index (χ0) is 13.1. The highest BCUT2D eigenvalue weighted by Gasteiger charge is 2.11. The smallest absolute Gasteiger partial charge is 0.257 e. The maximum absolute atomic E-state index is 11.7. The Morgan fingerprint density at radius 2 is 2.11 bits per heavy atom. The molecule has 4 nitrogen and oxygen atoms in total. The van der Waals surface area contributed by atoms with Crippen molar-refractivity contribution < 1.29 is 0 Å². The lowest BCUT2D eigenvalue weighted by atomic mass is 10.0. The summed E-state index contributed by atoms with van der Waals surface area (Å²) in [6, 6.07) is 2.10. The van der Waals surface area contributed by atoms with Crippen LogP contribution in [0.4, 0.5) is 0 Å². The quantitative estimate of drug-likeness (QED) is 0.868. The van der Waals surface area contributed by atoms with Crippen molar-refractivity contribution in [1.29, 1.82) is 0 Å². The first kappa shape index (κ1) is 12.8. The lowest BCUT2D eigenvalue weighted by molar-refractivity contribution is 0.497. The van der Waals surface area contributed by atoms with Gasteiger partial charge in [-0.05, 0) is 36.4 Å². The second kappa shape index (κ2) is 5.31. The van der Waals surface area contributed by atoms with Crippen molar-refractivity contribution in [3.63, 3.8) is 0 Å². The van der Waals surface area contributed by atoms with Crippen molar-refractivity contribution in [1.82, 2.24) is 15.3 Å². The number of nitrogens with one attached hydrogen (secondary N) is 2. The molecule has 2 heterocycles. The van der Waals surface area contributed by atoms with E-state index in [4.69, 9.17) is 0 Å². The topological polar surface area (TPSA) is 57.8 Å². The molecule has 0 aliphatic carbocycles. The fraction of sp³-hybridized carbons (Fsp3) is 0.429. The summed E-state index contributed by atoms with van der Waals surface area (Å²) in [4.78, 5) is 18.5. The number of pyridine rings is 2. The highest BCUT2D eigenvalue weighted by molar-refractivity contribution is 5.83. The van der Waals surface area contributed by atoms with E-state index in [1.54, 1.807) is 18.6 Å². The van der Waals surface area contributed by atoms with Crippen LogP contribution >= 0.6 is 0 Å². The fourth-order valence-electron chi connectivity index (χ4n) is 2.01. The lowest BCUT2D eigenvalue weighted by Gasteiger charge is -2.17. The normalized spacial score (nSPS) is 13.1. The van der Waals surface area contributed by atoms with Gasteiger partial charge in [0, 0.05) is 24.6 Å². The predicted octanol–water partition coefficient (Wildman–Crippen LogP) is 2.23. The van der Waals surface area contributed by atoms with Crippen molar-refractivity contribution in [2.24, 2.45) is 5.92 Å². The van der Waals surface area contributed by atoms with Gasteiger partial charge in [-0.25, -0.2) is 0 Å². The molecule has 0 aliphatic rings. The second-order valence-corrected chi connectivity index (χ2v) is 5.02. The third-order valence-electron chi connectivity index (χ3n) is 3.03. The lowest BCUT2D eigenvalue weighted by Crippen LogP contribution is -2.24. The Balaban J connectivity index is 2.39. The second-order valence-electron chi connectivity index (χ2n) is 5.02. The molecule has 96 valence electrons. The Hall–Kier alpha value is -1.68. The maximum atomic E-state index is 11.7. The fourth-order valence-corrected chi connectivity index (χ4v) is 2.01. The van der Waals surface area contributed by atoms with Crippen LogP contribution in [0, 0.1) is 5.92 Å². The molecule has 0 spiro atoms. The van der Waals surface area contributed by atoms with Crippen LogP contribution in [0.5, 0.6) is 0 Å². The van der Waals surface area contributed by atoms with E-state index in [0.717, 1.165) is 17.5 Å². The average Bonchev–Trinajstić information content (AvgIpc) is 2.37. The largest absolute Gasteiger partial charge is 0.328 e. The molecule has 0 fully saturated rings. The molecule has 1 atom stereocenters. The Bertz CT molecular complexity index is 589. The number of aromatic amines is 1. The van der Waals surface area contributed by atoms with Gasteiger partial charge in [-0.1, -0.05) is 13.8 Å². The van der Waals surface area contributed by atoms with Gasteiger partial charge in [-0.3, -0.25) is 9.78 Å². The number of H-pyrrole nitrogens is 1. The summed E-state index contributed by atoms with van der Waals surface area (Å²) in [5.41, 5.74) is 1.02. The van der Waals surface area contributed by atoms with Crippen LogP contribution in [-0.4, -0.2) is 16.5 Å². The molecule has 2 N–H and O–H groups in total. The van der Waals surface area contributed by atoms with Crippen LogP contribution in [-0.2, 0) is 0 Å². The van der Waals surface area contributed by atoms with Gasteiger partial charge in [0.15, 0.2) is 0 Å². The van der Waals surface area contributed by atoms with Crippen molar-refractivity contribution in [3.8, 4) is 0 Å². The molecule has 1 unspecified atom stereocenters. The van der Waals surface area contributed by atoms with E-state index in [1.165, 1.54) is 0 Å². The van der Waals surface area contributed by atoms with Gasteiger partial charge in [-0.2, -0.15) is 0 Å². The number of rotatable bonds is 4. The molecule has 0 bridgehead atoms. The molecule has 0 amide bonds. The number of nitrogens with zero attached hydrogens (tertiary/aromatic N) is 1. The van der Waals surface area contributed by atoms with Crippen molar-refractivity contribution in [2.75, 3.05) is 6.54 Å². The highest BCUT2D eigenvalue weighted by atomic mass is 16.1. The van der Waals surface area contributed by atoms with E-state index in [9.17, 15) is 4.79 Å². The standard InChI is InChI=1S/C14H19N3O/c1-9(2)6-16-10(3)12-8-17-14(18)13-7-15-5-4-11(12)13/h4-5,7-10,16H,6H2,1-3H3,(H,17,18). The van der Waals surface area contributed by atoms with Crippen LogP contribution in [0.2, 0.25) is 0 Å². The van der Waals surface area contributed by atoms with Crippen LogP contribution in [0.1, 0.15) is 32.4 Å². The molecule has 0 saturated carbocycles. The minimum Gasteiger partial charge on any atom is -0.328 e. The molecule has 0 aromatic carbocycles. The SMILES string of the molecule is CC(C)CNC(C)c1c[nH]c(=O)c2cnccc12. The summed E-state index contributed by atoms with van der Waals surface area (Å²) in [6.45, 7) is 7.41. The number of hydrogen-bond acceptors (Lipinski definition) is 3. The zero-order valence-corrected chi connectivity index (χ0v) is 11.0. The van der Waals surface area contributed by atoms with Crippen LogP contribution in [0.15, 0.2) is 29.5 Å². The molecule has 0 saturated heterocycles. The third-order valence-corrected chi connectivity index (χ3v) is 3.03. The Morgan fingerprint density at radius 1 is 1.33 bits per heavy atom. The number of hydrogen-bond donors (Lipinski definition) is 2. The van der Waals surface area contributed by atoms with E-state index in [2.05, 4.69) is 36.1 Å². The van der Waals surface area contributed by atoms with E-state index in [0.29, 0.717) is 11.3 Å². The molecule has 4 heteroatoms. The first-order valence-corrected chi connectivity index (χ1v) is 6.28. The summed E-state index contributed by atoms with van der Waals surface area (Å²) >= 11 is 0. The molecule has 0 aliphatic heterocycles. The summed E-state index contributed by atoms with van der Waals surface area (Å²) in [7, 11) is 0. The van der Waals surface area contributed by atoms with Crippen molar-refractivity contribution >= 4 is 10.8 Å². The van der Waals surface area contributed by atoms with E-state index in [-0.39, 0.29) is 11.6 Å².